The minimum Gasteiger partial charge on any atom is -0.493 e. The molecule has 2 aromatic carbocycles. The molecule has 0 atom stereocenters. The van der Waals surface area contributed by atoms with Crippen molar-refractivity contribution in [2.75, 3.05) is 7.11 Å². The molecule has 6 nitrogen and oxygen atoms in total. The van der Waals surface area contributed by atoms with E-state index in [1.54, 1.807) is 42.6 Å². The maximum atomic E-state index is 12.6. The first-order valence-electron chi connectivity index (χ1n) is 8.45. The van der Waals surface area contributed by atoms with Crippen LogP contribution in [0.25, 0.3) is 11.6 Å². The standard InChI is InChI=1S/C21H14Cl2N2O4S/c1-28-21-11-14(10-15(13-24)19-4-2-3-9-25-19)5-8-20(21)29-30(26,27)16-6-7-17(22)18(23)12-16/h2-12H,1H3/b15-10+. The van der Waals surface area contributed by atoms with Gasteiger partial charge in [0.25, 0.3) is 0 Å². The minimum atomic E-state index is -4.17. The van der Waals surface area contributed by atoms with E-state index in [0.29, 0.717) is 16.8 Å². The van der Waals surface area contributed by atoms with Gasteiger partial charge in [0.15, 0.2) is 11.5 Å². The minimum absolute atomic E-state index is 0.0166. The highest BCUT2D eigenvalue weighted by molar-refractivity contribution is 7.87. The quantitative estimate of drug-likeness (QED) is 0.369. The summed E-state index contributed by atoms with van der Waals surface area (Å²) in [6.07, 6.45) is 3.20. The van der Waals surface area contributed by atoms with E-state index in [2.05, 4.69) is 11.1 Å². The Morgan fingerprint density at radius 2 is 1.87 bits per heavy atom. The average molecular weight is 461 g/mol. The number of nitriles is 1. The van der Waals surface area contributed by atoms with E-state index >= 15 is 0 Å². The summed E-state index contributed by atoms with van der Waals surface area (Å²) < 4.78 is 35.7. The Hall–Kier alpha value is -3.05. The molecule has 1 heterocycles. The lowest BCUT2D eigenvalue weighted by atomic mass is 10.1. The number of aromatic nitrogens is 1. The van der Waals surface area contributed by atoms with Crippen molar-refractivity contribution in [3.8, 4) is 17.6 Å². The SMILES string of the molecule is COc1cc(/C=C(\C#N)c2ccccn2)ccc1OS(=O)(=O)c1ccc(Cl)c(Cl)c1. The Balaban J connectivity index is 1.93. The highest BCUT2D eigenvalue weighted by Gasteiger charge is 2.20. The Morgan fingerprint density at radius 1 is 1.07 bits per heavy atom. The van der Waals surface area contributed by atoms with E-state index in [1.807, 2.05) is 0 Å². The number of pyridine rings is 1. The summed E-state index contributed by atoms with van der Waals surface area (Å²) in [7, 11) is -2.79. The van der Waals surface area contributed by atoms with E-state index < -0.39 is 10.1 Å². The smallest absolute Gasteiger partial charge is 0.339 e. The van der Waals surface area contributed by atoms with Crippen LogP contribution in [-0.4, -0.2) is 20.5 Å². The lowest BCUT2D eigenvalue weighted by Gasteiger charge is -2.12. The molecular weight excluding hydrogens is 447 g/mol. The number of nitrogens with zero attached hydrogens (tertiary/aromatic N) is 2. The molecule has 0 unspecified atom stereocenters. The Bertz CT molecular complexity index is 1250. The first kappa shape index (κ1) is 21.7. The lowest BCUT2D eigenvalue weighted by molar-refractivity contribution is 0.390. The number of hydrogen-bond donors (Lipinski definition) is 0. The van der Waals surface area contributed by atoms with Crippen LogP contribution in [0.15, 0.2) is 65.7 Å². The summed E-state index contributed by atoms with van der Waals surface area (Å²) in [5.74, 6) is 0.155. The van der Waals surface area contributed by atoms with Gasteiger partial charge in [0, 0.05) is 6.20 Å². The monoisotopic (exact) mass is 460 g/mol. The summed E-state index contributed by atoms with van der Waals surface area (Å²) >= 11 is 11.7. The van der Waals surface area contributed by atoms with Crippen LogP contribution in [0, 0.1) is 11.3 Å². The highest BCUT2D eigenvalue weighted by Crippen LogP contribution is 2.33. The van der Waals surface area contributed by atoms with Crippen LogP contribution < -0.4 is 8.92 Å². The average Bonchev–Trinajstić information content (AvgIpc) is 2.75. The zero-order valence-electron chi connectivity index (χ0n) is 15.5. The molecule has 0 N–H and O–H groups in total. The van der Waals surface area contributed by atoms with E-state index in [0.717, 1.165) is 0 Å². The first-order valence-corrected chi connectivity index (χ1v) is 10.6. The summed E-state index contributed by atoms with van der Waals surface area (Å²) in [5, 5.41) is 9.75. The van der Waals surface area contributed by atoms with Crippen LogP contribution in [0.2, 0.25) is 10.0 Å². The van der Waals surface area contributed by atoms with Crippen molar-refractivity contribution >= 4 is 45.0 Å². The van der Waals surface area contributed by atoms with Crippen molar-refractivity contribution in [3.05, 3.63) is 82.1 Å². The molecule has 1 aromatic heterocycles. The second-order valence-electron chi connectivity index (χ2n) is 5.91. The van der Waals surface area contributed by atoms with Gasteiger partial charge in [-0.3, -0.25) is 4.98 Å². The fraction of sp³-hybridized carbons (Fsp3) is 0.0476. The Morgan fingerprint density at radius 3 is 2.50 bits per heavy atom. The summed E-state index contributed by atoms with van der Waals surface area (Å²) in [6.45, 7) is 0. The van der Waals surface area contributed by atoms with Crippen LogP contribution in [-0.2, 0) is 10.1 Å². The van der Waals surface area contributed by atoms with Crippen molar-refractivity contribution in [1.82, 2.24) is 4.98 Å². The van der Waals surface area contributed by atoms with Gasteiger partial charge in [-0.1, -0.05) is 35.3 Å². The first-order chi connectivity index (χ1) is 14.3. The van der Waals surface area contributed by atoms with Crippen molar-refractivity contribution in [2.24, 2.45) is 0 Å². The van der Waals surface area contributed by atoms with Gasteiger partial charge in [-0.25, -0.2) is 0 Å². The Labute approximate surface area is 184 Å². The summed E-state index contributed by atoms with van der Waals surface area (Å²) in [4.78, 5) is 4.01. The second kappa shape index (κ2) is 9.18. The van der Waals surface area contributed by atoms with Crippen LogP contribution in [0.1, 0.15) is 11.3 Å². The number of halogens is 2. The highest BCUT2D eigenvalue weighted by atomic mass is 35.5. The molecule has 0 aliphatic heterocycles. The third-order valence-electron chi connectivity index (χ3n) is 3.94. The molecule has 0 fully saturated rings. The molecule has 3 rings (SSSR count). The van der Waals surface area contributed by atoms with Gasteiger partial charge in [0.1, 0.15) is 11.0 Å². The molecular formula is C21H14Cl2N2O4S. The number of allylic oxidation sites excluding steroid dienone is 1. The molecule has 0 saturated carbocycles. The molecule has 30 heavy (non-hydrogen) atoms. The largest absolute Gasteiger partial charge is 0.493 e. The van der Waals surface area contributed by atoms with Gasteiger partial charge in [-0.05, 0) is 54.1 Å². The van der Waals surface area contributed by atoms with Crippen LogP contribution in [0.3, 0.4) is 0 Å². The lowest BCUT2D eigenvalue weighted by Crippen LogP contribution is -2.10. The second-order valence-corrected chi connectivity index (χ2v) is 8.27. The van der Waals surface area contributed by atoms with Crippen molar-refractivity contribution in [2.45, 2.75) is 4.90 Å². The van der Waals surface area contributed by atoms with Crippen molar-refractivity contribution in [1.29, 1.82) is 5.26 Å². The number of ether oxygens (including phenoxy) is 1. The van der Waals surface area contributed by atoms with Gasteiger partial charge in [0.2, 0.25) is 0 Å². The van der Waals surface area contributed by atoms with E-state index in [9.17, 15) is 13.7 Å². The number of hydrogen-bond acceptors (Lipinski definition) is 6. The third kappa shape index (κ3) is 4.92. The fourth-order valence-corrected chi connectivity index (χ4v) is 3.82. The van der Waals surface area contributed by atoms with Gasteiger partial charge in [-0.15, -0.1) is 0 Å². The fourth-order valence-electron chi connectivity index (χ4n) is 2.49. The molecule has 0 saturated heterocycles. The summed E-state index contributed by atoms with van der Waals surface area (Å²) in [5.41, 5.74) is 1.46. The molecule has 9 heteroatoms. The molecule has 0 bridgehead atoms. The number of rotatable bonds is 6. The van der Waals surface area contributed by atoms with Crippen LogP contribution >= 0.6 is 23.2 Å². The number of benzene rings is 2. The topological polar surface area (TPSA) is 89.3 Å². The van der Waals surface area contributed by atoms with Crippen LogP contribution in [0.5, 0.6) is 11.5 Å². The predicted octanol–water partition coefficient (Wildman–Crippen LogP) is 5.23. The maximum absolute atomic E-state index is 12.6. The molecule has 0 spiro atoms. The summed E-state index contributed by atoms with van der Waals surface area (Å²) in [6, 6.07) is 15.8. The van der Waals surface area contributed by atoms with Crippen LogP contribution in [0.4, 0.5) is 0 Å². The molecule has 0 aliphatic rings. The van der Waals surface area contributed by atoms with Crippen molar-refractivity contribution in [3.63, 3.8) is 0 Å². The zero-order valence-corrected chi connectivity index (χ0v) is 17.9. The normalized spacial score (nSPS) is 11.6. The zero-order chi connectivity index (χ0) is 21.7. The number of methoxy groups -OCH3 is 1. The molecule has 152 valence electrons. The molecule has 0 radical (unpaired) electrons. The van der Waals surface area contributed by atoms with Crippen molar-refractivity contribution < 1.29 is 17.3 Å². The molecule has 0 aliphatic carbocycles. The Kier molecular flexibility index (Phi) is 6.63. The predicted molar refractivity (Wildman–Crippen MR) is 115 cm³/mol. The third-order valence-corrected chi connectivity index (χ3v) is 5.91. The van der Waals surface area contributed by atoms with Gasteiger partial charge >= 0.3 is 10.1 Å². The van der Waals surface area contributed by atoms with Gasteiger partial charge < -0.3 is 8.92 Å². The van der Waals surface area contributed by atoms with E-state index in [1.165, 1.54) is 31.4 Å². The van der Waals surface area contributed by atoms with Gasteiger partial charge in [0.05, 0.1) is 28.4 Å². The van der Waals surface area contributed by atoms with E-state index in [-0.39, 0.29) is 26.4 Å². The van der Waals surface area contributed by atoms with E-state index in [4.69, 9.17) is 32.1 Å². The molecule has 3 aromatic rings. The maximum Gasteiger partial charge on any atom is 0.339 e. The molecule has 0 amide bonds. The van der Waals surface area contributed by atoms with Gasteiger partial charge in [-0.2, -0.15) is 13.7 Å².